The maximum absolute atomic E-state index is 4.48. The number of allylic oxidation sites excluding steroid dienone is 3. The lowest BCUT2D eigenvalue weighted by Crippen LogP contribution is -2.06. The number of aromatic nitrogens is 1. The Hall–Kier alpha value is -0.160. The molecule has 1 rings (SSSR count). The third-order valence-corrected chi connectivity index (χ3v) is 4.16. The Bertz CT molecular complexity index is 427. The quantitative estimate of drug-likeness (QED) is 0.649. The smallest absolute Gasteiger partial charge is 0.0901 e. The second-order valence-electron chi connectivity index (χ2n) is 4.58. The molecule has 0 aromatic carbocycles. The van der Waals surface area contributed by atoms with E-state index in [1.165, 1.54) is 9.15 Å². The fourth-order valence-electron chi connectivity index (χ4n) is 1.73. The van der Waals surface area contributed by atoms with Crippen LogP contribution >= 0.6 is 33.9 Å². The highest BCUT2D eigenvalue weighted by atomic mass is 127. The van der Waals surface area contributed by atoms with Crippen LogP contribution in [-0.4, -0.2) is 4.98 Å². The molecule has 17 heavy (non-hydrogen) atoms. The Labute approximate surface area is 122 Å². The highest BCUT2D eigenvalue weighted by molar-refractivity contribution is 14.1. The predicted octanol–water partition coefficient (Wildman–Crippen LogP) is 5.47. The molecule has 2 atom stereocenters. The van der Waals surface area contributed by atoms with E-state index in [2.05, 4.69) is 72.8 Å². The van der Waals surface area contributed by atoms with Crippen LogP contribution in [0.5, 0.6) is 0 Å². The second-order valence-corrected chi connectivity index (χ2v) is 7.34. The zero-order valence-corrected chi connectivity index (χ0v) is 14.1. The zero-order chi connectivity index (χ0) is 13.0. The van der Waals surface area contributed by atoms with Crippen molar-refractivity contribution in [2.45, 2.75) is 34.6 Å². The maximum atomic E-state index is 4.48. The van der Waals surface area contributed by atoms with Gasteiger partial charge in [0.15, 0.2) is 0 Å². The summed E-state index contributed by atoms with van der Waals surface area (Å²) >= 11 is 4.08. The molecule has 1 unspecified atom stereocenters. The van der Waals surface area contributed by atoms with E-state index in [0.717, 1.165) is 10.7 Å². The van der Waals surface area contributed by atoms with Crippen LogP contribution in [0.1, 0.15) is 38.4 Å². The summed E-state index contributed by atoms with van der Waals surface area (Å²) in [4.78, 5) is 4.48. The Morgan fingerprint density at radius 3 is 2.53 bits per heavy atom. The Morgan fingerprint density at radius 1 is 1.41 bits per heavy atom. The fourth-order valence-corrected chi connectivity index (χ4v) is 2.87. The first-order valence-corrected chi connectivity index (χ1v) is 7.80. The molecule has 1 aromatic rings. The second kappa shape index (κ2) is 6.69. The molecule has 1 heterocycles. The molecule has 0 N–H and O–H groups in total. The van der Waals surface area contributed by atoms with Crippen molar-refractivity contribution < 1.29 is 0 Å². The van der Waals surface area contributed by atoms with Crippen LogP contribution in [0.4, 0.5) is 0 Å². The number of rotatable bonds is 4. The molecule has 0 radical (unpaired) electrons. The minimum Gasteiger partial charge on any atom is -0.242 e. The Balaban J connectivity index is 2.78. The third kappa shape index (κ3) is 4.92. The summed E-state index contributed by atoms with van der Waals surface area (Å²) in [5.41, 5.74) is 2.50. The van der Waals surface area contributed by atoms with E-state index in [1.807, 2.05) is 6.92 Å². The van der Waals surface area contributed by atoms with Crippen LogP contribution in [0.3, 0.4) is 0 Å². The van der Waals surface area contributed by atoms with Gasteiger partial charge >= 0.3 is 0 Å². The van der Waals surface area contributed by atoms with Crippen molar-refractivity contribution in [1.29, 1.82) is 0 Å². The lowest BCUT2D eigenvalue weighted by atomic mass is 9.89. The molecular weight excluding hydrogens is 341 g/mol. The van der Waals surface area contributed by atoms with Gasteiger partial charge < -0.3 is 0 Å². The number of halogens is 1. The van der Waals surface area contributed by atoms with Crippen molar-refractivity contribution in [1.82, 2.24) is 4.98 Å². The molecule has 3 heteroatoms. The molecule has 0 saturated carbocycles. The van der Waals surface area contributed by atoms with Crippen molar-refractivity contribution in [3.8, 4) is 0 Å². The van der Waals surface area contributed by atoms with Crippen molar-refractivity contribution in [2.75, 3.05) is 0 Å². The molecule has 0 bridgehead atoms. The number of hydrogen-bond acceptors (Lipinski definition) is 2. The van der Waals surface area contributed by atoms with E-state index in [4.69, 9.17) is 0 Å². The van der Waals surface area contributed by atoms with Gasteiger partial charge in [-0.15, -0.1) is 11.3 Å². The summed E-state index contributed by atoms with van der Waals surface area (Å²) in [5, 5.41) is 3.25. The van der Waals surface area contributed by atoms with Gasteiger partial charge in [-0.05, 0) is 64.9 Å². The molecule has 0 saturated heterocycles. The standard InChI is InChI=1S/C14H20INS/c1-9(6-11(3)15)12(4)10(2)7-14-8-17-13(5)16-14/h6-9,12H,1-5H3/b10-7+,11-6-/t9?,12-/m0/s1. The zero-order valence-electron chi connectivity index (χ0n) is 11.1. The Morgan fingerprint density at radius 2 is 2.06 bits per heavy atom. The van der Waals surface area contributed by atoms with Crippen LogP contribution in [0.25, 0.3) is 6.08 Å². The van der Waals surface area contributed by atoms with Gasteiger partial charge in [-0.25, -0.2) is 4.98 Å². The lowest BCUT2D eigenvalue weighted by Gasteiger charge is -2.17. The number of thiazole rings is 1. The van der Waals surface area contributed by atoms with Gasteiger partial charge in [0.05, 0.1) is 10.7 Å². The summed E-state index contributed by atoms with van der Waals surface area (Å²) in [6.45, 7) is 11.0. The summed E-state index contributed by atoms with van der Waals surface area (Å²) in [5.74, 6) is 1.13. The monoisotopic (exact) mass is 361 g/mol. The minimum atomic E-state index is 0.557. The highest BCUT2D eigenvalue weighted by Gasteiger charge is 2.12. The molecule has 0 amide bonds. The van der Waals surface area contributed by atoms with E-state index < -0.39 is 0 Å². The predicted molar refractivity (Wildman–Crippen MR) is 86.6 cm³/mol. The molecule has 0 fully saturated rings. The molecule has 1 aromatic heterocycles. The topological polar surface area (TPSA) is 12.9 Å². The molecule has 1 nitrogen and oxygen atoms in total. The van der Waals surface area contributed by atoms with Crippen molar-refractivity contribution >= 4 is 40.0 Å². The summed E-state index contributed by atoms with van der Waals surface area (Å²) in [7, 11) is 0. The average Bonchev–Trinajstić information content (AvgIpc) is 2.61. The molecule has 0 aliphatic carbocycles. The van der Waals surface area contributed by atoms with Gasteiger partial charge in [-0.1, -0.05) is 25.5 Å². The first-order valence-electron chi connectivity index (χ1n) is 5.84. The summed E-state index contributed by atoms with van der Waals surface area (Å²) in [6, 6.07) is 0. The van der Waals surface area contributed by atoms with Crippen molar-refractivity contribution in [2.24, 2.45) is 11.8 Å². The van der Waals surface area contributed by atoms with Gasteiger partial charge in [-0.3, -0.25) is 0 Å². The van der Waals surface area contributed by atoms with Gasteiger partial charge in [0.1, 0.15) is 0 Å². The van der Waals surface area contributed by atoms with Crippen LogP contribution in [-0.2, 0) is 0 Å². The van der Waals surface area contributed by atoms with Gasteiger partial charge in [0.25, 0.3) is 0 Å². The van der Waals surface area contributed by atoms with E-state index in [-0.39, 0.29) is 0 Å². The number of nitrogens with zero attached hydrogens (tertiary/aromatic N) is 1. The van der Waals surface area contributed by atoms with E-state index in [0.29, 0.717) is 11.8 Å². The fraction of sp³-hybridized carbons (Fsp3) is 0.500. The highest BCUT2D eigenvalue weighted by Crippen LogP contribution is 2.25. The molecule has 0 spiro atoms. The van der Waals surface area contributed by atoms with Crippen molar-refractivity contribution in [3.63, 3.8) is 0 Å². The number of hydrogen-bond donors (Lipinski definition) is 0. The van der Waals surface area contributed by atoms with Crippen LogP contribution in [0, 0.1) is 18.8 Å². The minimum absolute atomic E-state index is 0.557. The van der Waals surface area contributed by atoms with Crippen molar-refractivity contribution in [3.05, 3.63) is 31.3 Å². The van der Waals surface area contributed by atoms with Gasteiger partial charge in [0, 0.05) is 5.38 Å². The van der Waals surface area contributed by atoms with Crippen LogP contribution < -0.4 is 0 Å². The molecule has 0 aliphatic heterocycles. The molecule has 94 valence electrons. The normalized spacial score (nSPS) is 17.1. The van der Waals surface area contributed by atoms with Crippen LogP contribution in [0.15, 0.2) is 20.6 Å². The molecular formula is C14H20INS. The largest absolute Gasteiger partial charge is 0.242 e. The lowest BCUT2D eigenvalue weighted by molar-refractivity contribution is 0.531. The van der Waals surface area contributed by atoms with Gasteiger partial charge in [-0.2, -0.15) is 0 Å². The van der Waals surface area contributed by atoms with Crippen LogP contribution in [0.2, 0.25) is 0 Å². The Kier molecular flexibility index (Phi) is 5.86. The van der Waals surface area contributed by atoms with E-state index in [9.17, 15) is 0 Å². The first kappa shape index (κ1) is 14.9. The van der Waals surface area contributed by atoms with E-state index >= 15 is 0 Å². The maximum Gasteiger partial charge on any atom is 0.0901 e. The third-order valence-electron chi connectivity index (χ3n) is 3.01. The summed E-state index contributed by atoms with van der Waals surface area (Å²) in [6.07, 6.45) is 4.54. The number of aryl methyl sites for hydroxylation is 1. The summed E-state index contributed by atoms with van der Waals surface area (Å²) < 4.78 is 1.36. The SMILES string of the molecule is C/C(I)=C/C(C)[C@H](C)/C(C)=C/c1csc(C)n1. The van der Waals surface area contributed by atoms with Gasteiger partial charge in [0.2, 0.25) is 0 Å². The first-order chi connectivity index (χ1) is 7.90. The van der Waals surface area contributed by atoms with E-state index in [1.54, 1.807) is 11.3 Å². The average molecular weight is 361 g/mol. The molecule has 0 aliphatic rings.